The SMILES string of the molecule is CCSCCC(NC1CCCCCC1)C(=O)OC. The molecule has 0 aromatic rings. The summed E-state index contributed by atoms with van der Waals surface area (Å²) in [4.78, 5) is 11.8. The third-order valence-corrected chi connectivity index (χ3v) is 4.47. The van der Waals surface area contributed by atoms with Crippen molar-refractivity contribution >= 4 is 17.7 Å². The number of hydrogen-bond donors (Lipinski definition) is 1. The van der Waals surface area contributed by atoms with E-state index in [1.807, 2.05) is 11.8 Å². The summed E-state index contributed by atoms with van der Waals surface area (Å²) in [6.45, 7) is 2.15. The Balaban J connectivity index is 2.40. The van der Waals surface area contributed by atoms with Crippen molar-refractivity contribution in [2.75, 3.05) is 18.6 Å². The van der Waals surface area contributed by atoms with Crippen LogP contribution in [0.1, 0.15) is 51.9 Å². The molecule has 0 saturated heterocycles. The summed E-state index contributed by atoms with van der Waals surface area (Å²) >= 11 is 1.88. The van der Waals surface area contributed by atoms with Crippen LogP contribution in [0.25, 0.3) is 0 Å². The molecule has 0 aromatic carbocycles. The van der Waals surface area contributed by atoms with Gasteiger partial charge in [-0.2, -0.15) is 11.8 Å². The number of nitrogens with one attached hydrogen (secondary N) is 1. The highest BCUT2D eigenvalue weighted by Crippen LogP contribution is 2.18. The summed E-state index contributed by atoms with van der Waals surface area (Å²) in [5.41, 5.74) is 0. The second-order valence-corrected chi connectivity index (χ2v) is 6.31. The molecule has 0 aliphatic heterocycles. The first-order valence-corrected chi connectivity index (χ1v) is 8.35. The highest BCUT2D eigenvalue weighted by molar-refractivity contribution is 7.99. The minimum atomic E-state index is -0.114. The maximum absolute atomic E-state index is 11.8. The van der Waals surface area contributed by atoms with E-state index in [0.29, 0.717) is 6.04 Å². The fraction of sp³-hybridized carbons (Fsp3) is 0.929. The van der Waals surface area contributed by atoms with Crippen LogP contribution in [-0.2, 0) is 9.53 Å². The van der Waals surface area contributed by atoms with Crippen molar-refractivity contribution in [2.24, 2.45) is 0 Å². The average Bonchev–Trinajstić information content (AvgIpc) is 2.65. The lowest BCUT2D eigenvalue weighted by Crippen LogP contribution is -2.44. The summed E-state index contributed by atoms with van der Waals surface area (Å²) in [6, 6.07) is 0.389. The molecule has 0 bridgehead atoms. The number of carbonyl (C=O) groups is 1. The van der Waals surface area contributed by atoms with Gasteiger partial charge in [0.2, 0.25) is 0 Å². The lowest BCUT2D eigenvalue weighted by molar-refractivity contribution is -0.143. The second kappa shape index (κ2) is 9.68. The van der Waals surface area contributed by atoms with Crippen molar-refractivity contribution in [2.45, 2.75) is 64.0 Å². The first kappa shape index (κ1) is 15.8. The summed E-state index contributed by atoms with van der Waals surface area (Å²) in [7, 11) is 1.48. The van der Waals surface area contributed by atoms with E-state index in [1.165, 1.54) is 45.6 Å². The Bertz CT molecular complexity index is 228. The van der Waals surface area contributed by atoms with Crippen molar-refractivity contribution < 1.29 is 9.53 Å². The van der Waals surface area contributed by atoms with Crippen LogP contribution < -0.4 is 5.32 Å². The largest absolute Gasteiger partial charge is 0.468 e. The molecular weight excluding hydrogens is 246 g/mol. The van der Waals surface area contributed by atoms with Crippen LogP contribution in [0.3, 0.4) is 0 Å². The predicted octanol–water partition coefficient (Wildman–Crippen LogP) is 2.98. The van der Waals surface area contributed by atoms with Gasteiger partial charge in [-0.1, -0.05) is 32.6 Å². The van der Waals surface area contributed by atoms with Crippen LogP contribution in [0, 0.1) is 0 Å². The first-order chi connectivity index (χ1) is 8.77. The van der Waals surface area contributed by atoms with Gasteiger partial charge >= 0.3 is 5.97 Å². The number of ether oxygens (including phenoxy) is 1. The molecule has 0 aromatic heterocycles. The van der Waals surface area contributed by atoms with Gasteiger partial charge in [0, 0.05) is 6.04 Å². The molecule has 1 saturated carbocycles. The van der Waals surface area contributed by atoms with Gasteiger partial charge in [-0.15, -0.1) is 0 Å². The molecule has 0 heterocycles. The maximum atomic E-state index is 11.8. The van der Waals surface area contributed by atoms with Gasteiger partial charge in [0.25, 0.3) is 0 Å². The molecule has 0 amide bonds. The third-order valence-electron chi connectivity index (χ3n) is 3.53. The Kier molecular flexibility index (Phi) is 8.51. The van der Waals surface area contributed by atoms with Crippen molar-refractivity contribution in [3.63, 3.8) is 0 Å². The van der Waals surface area contributed by atoms with Crippen LogP contribution >= 0.6 is 11.8 Å². The van der Waals surface area contributed by atoms with Crippen LogP contribution in [-0.4, -0.2) is 36.7 Å². The minimum Gasteiger partial charge on any atom is -0.468 e. The highest BCUT2D eigenvalue weighted by atomic mass is 32.2. The van der Waals surface area contributed by atoms with E-state index in [4.69, 9.17) is 4.74 Å². The average molecular weight is 273 g/mol. The number of esters is 1. The first-order valence-electron chi connectivity index (χ1n) is 7.19. The number of methoxy groups -OCH3 is 1. The molecule has 1 atom stereocenters. The molecule has 1 rings (SSSR count). The van der Waals surface area contributed by atoms with E-state index in [0.717, 1.165) is 17.9 Å². The van der Waals surface area contributed by atoms with Crippen LogP contribution in [0.15, 0.2) is 0 Å². The number of rotatable bonds is 7. The topological polar surface area (TPSA) is 38.3 Å². The van der Waals surface area contributed by atoms with Gasteiger partial charge in [0.05, 0.1) is 7.11 Å². The Morgan fingerprint density at radius 2 is 2.00 bits per heavy atom. The molecular formula is C14H27NO2S. The van der Waals surface area contributed by atoms with Crippen LogP contribution in [0.4, 0.5) is 0 Å². The summed E-state index contributed by atoms with van der Waals surface area (Å²) in [6.07, 6.45) is 8.54. The molecule has 1 aliphatic rings. The molecule has 1 unspecified atom stereocenters. The quantitative estimate of drug-likeness (QED) is 0.440. The monoisotopic (exact) mass is 273 g/mol. The lowest BCUT2D eigenvalue weighted by Gasteiger charge is -2.23. The molecule has 1 N–H and O–H groups in total. The molecule has 3 nitrogen and oxygen atoms in total. The van der Waals surface area contributed by atoms with E-state index in [1.54, 1.807) is 0 Å². The van der Waals surface area contributed by atoms with Gasteiger partial charge in [0.15, 0.2) is 0 Å². The molecule has 4 heteroatoms. The summed E-state index contributed by atoms with van der Waals surface area (Å²) < 4.78 is 4.91. The fourth-order valence-electron chi connectivity index (χ4n) is 2.49. The zero-order valence-electron chi connectivity index (χ0n) is 11.7. The van der Waals surface area contributed by atoms with Crippen LogP contribution in [0.5, 0.6) is 0 Å². The van der Waals surface area contributed by atoms with Gasteiger partial charge in [-0.05, 0) is 30.8 Å². The Labute approximate surface area is 115 Å². The third kappa shape index (κ3) is 6.10. The molecule has 0 spiro atoms. The standard InChI is InChI=1S/C14H27NO2S/c1-3-18-11-10-13(14(16)17-2)15-12-8-6-4-5-7-9-12/h12-13,15H,3-11H2,1-2H3. The van der Waals surface area contributed by atoms with E-state index in [9.17, 15) is 4.79 Å². The molecule has 1 aliphatic carbocycles. The van der Waals surface area contributed by atoms with Gasteiger partial charge < -0.3 is 10.1 Å². The summed E-state index contributed by atoms with van der Waals surface area (Å²) in [5.74, 6) is 2.03. The molecule has 1 fully saturated rings. The van der Waals surface area contributed by atoms with Gasteiger partial charge in [-0.3, -0.25) is 4.79 Å². The molecule has 18 heavy (non-hydrogen) atoms. The van der Waals surface area contributed by atoms with Crippen molar-refractivity contribution in [3.05, 3.63) is 0 Å². The smallest absolute Gasteiger partial charge is 0.322 e. The zero-order chi connectivity index (χ0) is 13.2. The lowest BCUT2D eigenvalue weighted by atomic mass is 10.1. The van der Waals surface area contributed by atoms with E-state index in [-0.39, 0.29) is 12.0 Å². The van der Waals surface area contributed by atoms with Crippen molar-refractivity contribution in [3.8, 4) is 0 Å². The predicted molar refractivity (Wildman–Crippen MR) is 78.0 cm³/mol. The Morgan fingerprint density at radius 1 is 1.33 bits per heavy atom. The zero-order valence-corrected chi connectivity index (χ0v) is 12.6. The van der Waals surface area contributed by atoms with E-state index in [2.05, 4.69) is 12.2 Å². The normalized spacial score (nSPS) is 19.2. The number of carbonyl (C=O) groups excluding carboxylic acids is 1. The second-order valence-electron chi connectivity index (χ2n) is 4.92. The van der Waals surface area contributed by atoms with Gasteiger partial charge in [0.1, 0.15) is 6.04 Å². The highest BCUT2D eigenvalue weighted by Gasteiger charge is 2.23. The number of hydrogen-bond acceptors (Lipinski definition) is 4. The van der Waals surface area contributed by atoms with Gasteiger partial charge in [-0.25, -0.2) is 0 Å². The summed E-state index contributed by atoms with van der Waals surface area (Å²) in [5, 5.41) is 3.52. The van der Waals surface area contributed by atoms with Crippen LogP contribution in [0.2, 0.25) is 0 Å². The van der Waals surface area contributed by atoms with Crippen molar-refractivity contribution in [1.29, 1.82) is 0 Å². The van der Waals surface area contributed by atoms with E-state index < -0.39 is 0 Å². The minimum absolute atomic E-state index is 0.101. The number of thioether (sulfide) groups is 1. The Hall–Kier alpha value is -0.220. The molecule has 106 valence electrons. The maximum Gasteiger partial charge on any atom is 0.322 e. The van der Waals surface area contributed by atoms with E-state index >= 15 is 0 Å². The van der Waals surface area contributed by atoms with Crippen molar-refractivity contribution in [1.82, 2.24) is 5.32 Å². The molecule has 0 radical (unpaired) electrons. The Morgan fingerprint density at radius 3 is 2.56 bits per heavy atom. The fourth-order valence-corrected chi connectivity index (χ4v) is 3.18.